The summed E-state index contributed by atoms with van der Waals surface area (Å²) in [7, 11) is 0. The molecule has 1 atom stereocenters. The first kappa shape index (κ1) is 15.4. The van der Waals surface area contributed by atoms with Gasteiger partial charge in [-0.2, -0.15) is 0 Å². The normalized spacial score (nSPS) is 23.1. The van der Waals surface area contributed by atoms with E-state index in [4.69, 9.17) is 4.74 Å². The summed E-state index contributed by atoms with van der Waals surface area (Å²) in [6.45, 7) is 7.03. The predicted molar refractivity (Wildman–Crippen MR) is 95.5 cm³/mol. The molecule has 124 valence electrons. The van der Waals surface area contributed by atoms with Crippen molar-refractivity contribution in [1.29, 1.82) is 0 Å². The van der Waals surface area contributed by atoms with Crippen LogP contribution in [0.3, 0.4) is 0 Å². The van der Waals surface area contributed by atoms with Crippen LogP contribution in [0.5, 0.6) is 5.75 Å². The first-order valence-electron chi connectivity index (χ1n) is 7.78. The third kappa shape index (κ3) is 1.86. The first-order chi connectivity index (χ1) is 11.2. The maximum absolute atomic E-state index is 11.1. The summed E-state index contributed by atoms with van der Waals surface area (Å²) in [6.07, 6.45) is 0. The van der Waals surface area contributed by atoms with E-state index >= 15 is 0 Å². The van der Waals surface area contributed by atoms with Crippen molar-refractivity contribution in [2.75, 3.05) is 4.90 Å². The number of ether oxygens (including phenoxy) is 1. The quantitative estimate of drug-likeness (QED) is 0.521. The molecule has 0 amide bonds. The van der Waals surface area contributed by atoms with Gasteiger partial charge in [-0.1, -0.05) is 15.9 Å². The molecule has 2 aliphatic heterocycles. The first-order valence-corrected chi connectivity index (χ1v) is 8.57. The lowest BCUT2D eigenvalue weighted by Gasteiger charge is -2.48. The summed E-state index contributed by atoms with van der Waals surface area (Å²) in [5.41, 5.74) is 2.48. The van der Waals surface area contributed by atoms with Crippen LogP contribution >= 0.6 is 15.9 Å². The summed E-state index contributed by atoms with van der Waals surface area (Å²) in [4.78, 5) is 12.9. The zero-order chi connectivity index (χ0) is 17.3. The fourth-order valence-electron chi connectivity index (χ4n) is 3.77. The van der Waals surface area contributed by atoms with Crippen molar-refractivity contribution in [1.82, 2.24) is 0 Å². The average Bonchev–Trinajstić information content (AvgIpc) is 2.69. The van der Waals surface area contributed by atoms with Crippen LogP contribution in [0.4, 0.5) is 11.4 Å². The van der Waals surface area contributed by atoms with Gasteiger partial charge >= 0.3 is 0 Å². The number of non-ortho nitro benzene ring substituents is 1. The standard InChI is InChI=1S/C18H17BrN2O3/c1-17(2)14-9-12(19)4-6-15(14)20-10-11-8-13(21(22)23)5-7-16(11)24-18(17,20)3/h4-9H,10H2,1-3H3/t18-/m0/s1. The van der Waals surface area contributed by atoms with Crippen LogP contribution in [0.25, 0.3) is 0 Å². The van der Waals surface area contributed by atoms with Gasteiger partial charge in [0, 0.05) is 27.9 Å². The molecular weight excluding hydrogens is 372 g/mol. The van der Waals surface area contributed by atoms with Crippen molar-refractivity contribution < 1.29 is 9.66 Å². The number of halogens is 1. The fraction of sp³-hybridized carbons (Fsp3) is 0.333. The van der Waals surface area contributed by atoms with Gasteiger partial charge < -0.3 is 9.64 Å². The molecule has 0 aromatic heterocycles. The average molecular weight is 389 g/mol. The van der Waals surface area contributed by atoms with Crippen LogP contribution in [0.2, 0.25) is 0 Å². The highest BCUT2D eigenvalue weighted by Crippen LogP contribution is 2.55. The topological polar surface area (TPSA) is 55.6 Å². The molecule has 0 radical (unpaired) electrons. The molecule has 4 rings (SSSR count). The Labute approximate surface area is 148 Å². The molecule has 0 saturated heterocycles. The van der Waals surface area contributed by atoms with Gasteiger partial charge in [-0.05, 0) is 50.6 Å². The van der Waals surface area contributed by atoms with Gasteiger partial charge in [-0.3, -0.25) is 10.1 Å². The Morgan fingerprint density at radius 1 is 1.21 bits per heavy atom. The Kier molecular flexibility index (Phi) is 3.04. The molecule has 0 saturated carbocycles. The minimum absolute atomic E-state index is 0.0930. The van der Waals surface area contributed by atoms with Gasteiger partial charge in [0.25, 0.3) is 5.69 Å². The summed E-state index contributed by atoms with van der Waals surface area (Å²) in [5.74, 6) is 0.722. The highest BCUT2D eigenvalue weighted by Gasteiger charge is 2.57. The lowest BCUT2D eigenvalue weighted by molar-refractivity contribution is -0.385. The highest BCUT2D eigenvalue weighted by molar-refractivity contribution is 9.10. The molecule has 0 unspecified atom stereocenters. The van der Waals surface area contributed by atoms with E-state index in [0.717, 1.165) is 21.5 Å². The molecule has 0 fully saturated rings. The van der Waals surface area contributed by atoms with E-state index in [-0.39, 0.29) is 16.0 Å². The second-order valence-corrected chi connectivity index (χ2v) is 7.92. The zero-order valence-electron chi connectivity index (χ0n) is 13.7. The van der Waals surface area contributed by atoms with Crippen molar-refractivity contribution in [3.63, 3.8) is 0 Å². The van der Waals surface area contributed by atoms with Gasteiger partial charge in [0.1, 0.15) is 5.75 Å². The van der Waals surface area contributed by atoms with E-state index in [1.165, 1.54) is 11.6 Å². The molecule has 0 aliphatic carbocycles. The molecular formula is C18H17BrN2O3. The molecule has 6 heteroatoms. The van der Waals surface area contributed by atoms with E-state index in [1.54, 1.807) is 12.1 Å². The van der Waals surface area contributed by atoms with Gasteiger partial charge in [-0.15, -0.1) is 0 Å². The number of benzene rings is 2. The Morgan fingerprint density at radius 3 is 2.67 bits per heavy atom. The number of fused-ring (bicyclic) bond motifs is 4. The molecule has 5 nitrogen and oxygen atoms in total. The van der Waals surface area contributed by atoms with Crippen molar-refractivity contribution in [3.05, 3.63) is 62.1 Å². The lowest BCUT2D eigenvalue weighted by Crippen LogP contribution is -2.59. The molecule has 0 N–H and O–H groups in total. The second-order valence-electron chi connectivity index (χ2n) is 7.01. The molecule has 2 heterocycles. The highest BCUT2D eigenvalue weighted by atomic mass is 79.9. The minimum atomic E-state index is -0.542. The maximum atomic E-state index is 11.1. The Hall–Kier alpha value is -2.08. The number of hydrogen-bond donors (Lipinski definition) is 0. The van der Waals surface area contributed by atoms with Gasteiger partial charge in [-0.25, -0.2) is 0 Å². The van der Waals surface area contributed by atoms with Crippen LogP contribution in [-0.4, -0.2) is 10.6 Å². The molecule has 24 heavy (non-hydrogen) atoms. The summed E-state index contributed by atoms with van der Waals surface area (Å²) in [6, 6.07) is 11.1. The molecule has 2 aromatic carbocycles. The van der Waals surface area contributed by atoms with Gasteiger partial charge in [0.05, 0.1) is 16.9 Å². The number of anilines is 1. The molecule has 2 aromatic rings. The number of nitro benzene ring substituents is 1. The zero-order valence-corrected chi connectivity index (χ0v) is 15.3. The number of rotatable bonds is 1. The summed E-state index contributed by atoms with van der Waals surface area (Å²) < 4.78 is 7.44. The van der Waals surface area contributed by atoms with E-state index in [2.05, 4.69) is 53.7 Å². The maximum Gasteiger partial charge on any atom is 0.270 e. The third-order valence-electron chi connectivity index (χ3n) is 5.49. The lowest BCUT2D eigenvalue weighted by atomic mass is 9.78. The molecule has 0 spiro atoms. The number of hydrogen-bond acceptors (Lipinski definition) is 4. The monoisotopic (exact) mass is 388 g/mol. The fourth-order valence-corrected chi connectivity index (χ4v) is 4.13. The van der Waals surface area contributed by atoms with Crippen LogP contribution < -0.4 is 9.64 Å². The van der Waals surface area contributed by atoms with Gasteiger partial charge in [0.15, 0.2) is 5.72 Å². The van der Waals surface area contributed by atoms with Crippen molar-refractivity contribution >= 4 is 27.3 Å². The van der Waals surface area contributed by atoms with Crippen molar-refractivity contribution in [2.24, 2.45) is 0 Å². The van der Waals surface area contributed by atoms with Crippen molar-refractivity contribution in [3.8, 4) is 5.75 Å². The Morgan fingerprint density at radius 2 is 1.96 bits per heavy atom. The third-order valence-corrected chi connectivity index (χ3v) is 5.98. The second kappa shape index (κ2) is 4.72. The van der Waals surface area contributed by atoms with Crippen LogP contribution in [0.1, 0.15) is 31.9 Å². The van der Waals surface area contributed by atoms with Crippen LogP contribution in [0.15, 0.2) is 40.9 Å². The minimum Gasteiger partial charge on any atom is -0.467 e. The van der Waals surface area contributed by atoms with E-state index in [9.17, 15) is 10.1 Å². The SMILES string of the molecule is CC1(C)c2cc(Br)ccc2N2Cc3cc([N+](=O)[O-])ccc3O[C@]21C. The Bertz CT molecular complexity index is 881. The number of nitro groups is 1. The summed E-state index contributed by atoms with van der Waals surface area (Å²) >= 11 is 3.55. The van der Waals surface area contributed by atoms with E-state index in [0.29, 0.717) is 6.54 Å². The molecule has 0 bridgehead atoms. The largest absolute Gasteiger partial charge is 0.467 e. The smallest absolute Gasteiger partial charge is 0.270 e. The van der Waals surface area contributed by atoms with E-state index in [1.807, 2.05) is 6.07 Å². The predicted octanol–water partition coefficient (Wildman–Crippen LogP) is 4.76. The van der Waals surface area contributed by atoms with Crippen LogP contribution in [0, 0.1) is 10.1 Å². The van der Waals surface area contributed by atoms with E-state index < -0.39 is 5.72 Å². The Balaban J connectivity index is 1.88. The van der Waals surface area contributed by atoms with Crippen LogP contribution in [-0.2, 0) is 12.0 Å². The van der Waals surface area contributed by atoms with Gasteiger partial charge in [0.2, 0.25) is 0 Å². The number of nitrogens with zero attached hydrogens (tertiary/aromatic N) is 2. The molecule has 2 aliphatic rings. The van der Waals surface area contributed by atoms with Crippen molar-refractivity contribution in [2.45, 2.75) is 38.5 Å². The summed E-state index contributed by atoms with van der Waals surface area (Å²) in [5, 5.41) is 11.1.